The molecule has 1 atom stereocenters. The van der Waals surface area contributed by atoms with Crippen LogP contribution in [0.3, 0.4) is 0 Å². The molecule has 0 saturated heterocycles. The highest BCUT2D eigenvalue weighted by atomic mass is 79.9. The fourth-order valence-corrected chi connectivity index (χ4v) is 2.28. The van der Waals surface area contributed by atoms with E-state index in [4.69, 9.17) is 0 Å². The Morgan fingerprint density at radius 1 is 1.28 bits per heavy atom. The number of aromatic nitrogens is 2. The minimum absolute atomic E-state index is 0.548. The third-order valence-electron chi connectivity index (χ3n) is 2.96. The molecule has 2 aromatic rings. The number of aliphatic hydroxyl groups is 1. The molecule has 0 aliphatic heterocycles. The summed E-state index contributed by atoms with van der Waals surface area (Å²) in [6.07, 6.45) is 4.82. The molecule has 4 heteroatoms. The summed E-state index contributed by atoms with van der Waals surface area (Å²) in [5, 5.41) is 10.5. The molecule has 0 radical (unpaired) electrons. The Kier molecular flexibility index (Phi) is 3.88. The zero-order valence-corrected chi connectivity index (χ0v) is 12.2. The van der Waals surface area contributed by atoms with Gasteiger partial charge in [0.15, 0.2) is 0 Å². The number of halogens is 1. The van der Waals surface area contributed by atoms with Crippen molar-refractivity contribution in [1.82, 2.24) is 9.55 Å². The first-order valence-electron chi connectivity index (χ1n) is 5.89. The summed E-state index contributed by atoms with van der Waals surface area (Å²) in [4.78, 5) is 4.25. The summed E-state index contributed by atoms with van der Waals surface area (Å²) in [7, 11) is 1.94. The predicted octanol–water partition coefficient (Wildman–Crippen LogP) is 2.72. The van der Waals surface area contributed by atoms with Crippen molar-refractivity contribution in [3.8, 4) is 0 Å². The quantitative estimate of drug-likeness (QED) is 0.943. The predicted molar refractivity (Wildman–Crippen MR) is 75.4 cm³/mol. The van der Waals surface area contributed by atoms with Gasteiger partial charge in [-0.2, -0.15) is 0 Å². The Bertz CT molecular complexity index is 517. The van der Waals surface area contributed by atoms with Crippen molar-refractivity contribution in [2.24, 2.45) is 7.05 Å². The molecular weight excluding hydrogens is 292 g/mol. The topological polar surface area (TPSA) is 38.0 Å². The van der Waals surface area contributed by atoms with Crippen LogP contribution in [0.2, 0.25) is 0 Å². The largest absolute Gasteiger partial charge is 0.389 e. The molecule has 1 N–H and O–H groups in total. The van der Waals surface area contributed by atoms with E-state index >= 15 is 0 Å². The van der Waals surface area contributed by atoms with E-state index < -0.39 is 5.60 Å². The Hall–Kier alpha value is -1.13. The number of imidazole rings is 1. The molecule has 1 unspecified atom stereocenters. The first-order chi connectivity index (χ1) is 8.46. The molecule has 1 aromatic carbocycles. The zero-order chi connectivity index (χ0) is 13.2. The standard InChI is InChI=1S/C14H17BrN2O/c1-14(18,10-13-16-7-8-17(13)2)9-11-3-5-12(15)6-4-11/h3-8,18H,9-10H2,1-2H3. The minimum atomic E-state index is -0.785. The van der Waals surface area contributed by atoms with E-state index in [9.17, 15) is 5.11 Å². The monoisotopic (exact) mass is 308 g/mol. The van der Waals surface area contributed by atoms with Crippen molar-refractivity contribution in [3.05, 3.63) is 52.5 Å². The van der Waals surface area contributed by atoms with Gasteiger partial charge in [0.1, 0.15) is 5.82 Å². The molecule has 0 fully saturated rings. The van der Waals surface area contributed by atoms with Crippen LogP contribution in [0.4, 0.5) is 0 Å². The van der Waals surface area contributed by atoms with Crippen LogP contribution in [0.1, 0.15) is 18.3 Å². The zero-order valence-electron chi connectivity index (χ0n) is 10.6. The summed E-state index contributed by atoms with van der Waals surface area (Å²) < 4.78 is 2.99. The van der Waals surface area contributed by atoms with Gasteiger partial charge in [-0.3, -0.25) is 0 Å². The SMILES string of the molecule is Cn1ccnc1CC(C)(O)Cc1ccc(Br)cc1. The smallest absolute Gasteiger partial charge is 0.111 e. The van der Waals surface area contributed by atoms with E-state index in [1.807, 2.05) is 49.0 Å². The lowest BCUT2D eigenvalue weighted by Crippen LogP contribution is -2.31. The van der Waals surface area contributed by atoms with Crippen molar-refractivity contribution < 1.29 is 5.11 Å². The van der Waals surface area contributed by atoms with E-state index in [1.54, 1.807) is 6.20 Å². The van der Waals surface area contributed by atoms with Crippen LogP contribution in [0, 0.1) is 0 Å². The average molecular weight is 309 g/mol. The van der Waals surface area contributed by atoms with Crippen molar-refractivity contribution in [2.75, 3.05) is 0 Å². The first kappa shape index (κ1) is 13.3. The normalized spacial score (nSPS) is 14.4. The Labute approximate surface area is 116 Å². The Morgan fingerprint density at radius 2 is 1.94 bits per heavy atom. The van der Waals surface area contributed by atoms with Crippen molar-refractivity contribution in [3.63, 3.8) is 0 Å². The third kappa shape index (κ3) is 3.43. The van der Waals surface area contributed by atoms with E-state index in [1.165, 1.54) is 0 Å². The highest BCUT2D eigenvalue weighted by Crippen LogP contribution is 2.19. The summed E-state index contributed by atoms with van der Waals surface area (Å²) in [6, 6.07) is 8.03. The summed E-state index contributed by atoms with van der Waals surface area (Å²) in [5.41, 5.74) is 0.338. The van der Waals surface area contributed by atoms with E-state index in [2.05, 4.69) is 20.9 Å². The molecule has 1 aromatic heterocycles. The second-order valence-corrected chi connectivity index (χ2v) is 5.85. The van der Waals surface area contributed by atoms with Crippen LogP contribution < -0.4 is 0 Å². The maximum atomic E-state index is 10.5. The van der Waals surface area contributed by atoms with Crippen LogP contribution in [0.15, 0.2) is 41.1 Å². The molecule has 0 aliphatic rings. The second kappa shape index (κ2) is 5.24. The summed E-state index contributed by atoms with van der Waals surface area (Å²) in [6.45, 7) is 1.85. The molecule has 96 valence electrons. The van der Waals surface area contributed by atoms with E-state index in [-0.39, 0.29) is 0 Å². The van der Waals surface area contributed by atoms with Crippen LogP contribution in [-0.4, -0.2) is 20.3 Å². The molecule has 0 aliphatic carbocycles. The number of benzene rings is 1. The summed E-state index contributed by atoms with van der Waals surface area (Å²) in [5.74, 6) is 0.900. The van der Waals surface area contributed by atoms with Gasteiger partial charge < -0.3 is 9.67 Å². The van der Waals surface area contributed by atoms with Gasteiger partial charge in [0.25, 0.3) is 0 Å². The van der Waals surface area contributed by atoms with E-state index in [0.717, 1.165) is 15.9 Å². The van der Waals surface area contributed by atoms with Gasteiger partial charge in [0.05, 0.1) is 5.60 Å². The number of hydrogen-bond acceptors (Lipinski definition) is 2. The Morgan fingerprint density at radius 3 is 2.50 bits per heavy atom. The van der Waals surface area contributed by atoms with Crippen molar-refractivity contribution in [2.45, 2.75) is 25.4 Å². The van der Waals surface area contributed by atoms with Crippen LogP contribution in [0.25, 0.3) is 0 Å². The number of rotatable bonds is 4. The maximum absolute atomic E-state index is 10.5. The molecule has 0 amide bonds. The van der Waals surface area contributed by atoms with Gasteiger partial charge in [-0.15, -0.1) is 0 Å². The number of aryl methyl sites for hydroxylation is 1. The molecule has 1 heterocycles. The number of nitrogens with zero attached hydrogens (tertiary/aromatic N) is 2. The molecule has 18 heavy (non-hydrogen) atoms. The van der Waals surface area contributed by atoms with Gasteiger partial charge in [0, 0.05) is 36.8 Å². The van der Waals surface area contributed by atoms with Gasteiger partial charge in [-0.1, -0.05) is 28.1 Å². The highest BCUT2D eigenvalue weighted by Gasteiger charge is 2.23. The third-order valence-corrected chi connectivity index (χ3v) is 3.49. The lowest BCUT2D eigenvalue weighted by molar-refractivity contribution is 0.0581. The average Bonchev–Trinajstić information content (AvgIpc) is 2.67. The van der Waals surface area contributed by atoms with Gasteiger partial charge in [-0.05, 0) is 24.6 Å². The minimum Gasteiger partial charge on any atom is -0.389 e. The van der Waals surface area contributed by atoms with Gasteiger partial charge in [-0.25, -0.2) is 4.98 Å². The van der Waals surface area contributed by atoms with Crippen LogP contribution in [0.5, 0.6) is 0 Å². The molecular formula is C14H17BrN2O. The first-order valence-corrected chi connectivity index (χ1v) is 6.69. The lowest BCUT2D eigenvalue weighted by atomic mass is 9.93. The van der Waals surface area contributed by atoms with Crippen LogP contribution in [-0.2, 0) is 19.9 Å². The Balaban J connectivity index is 2.07. The fourth-order valence-electron chi connectivity index (χ4n) is 2.01. The van der Waals surface area contributed by atoms with Crippen LogP contribution >= 0.6 is 15.9 Å². The van der Waals surface area contributed by atoms with Crippen molar-refractivity contribution in [1.29, 1.82) is 0 Å². The highest BCUT2D eigenvalue weighted by molar-refractivity contribution is 9.10. The molecule has 0 saturated carbocycles. The molecule has 2 rings (SSSR count). The molecule has 3 nitrogen and oxygen atoms in total. The maximum Gasteiger partial charge on any atom is 0.111 e. The van der Waals surface area contributed by atoms with Gasteiger partial charge in [0.2, 0.25) is 0 Å². The molecule has 0 spiro atoms. The molecule has 0 bridgehead atoms. The summed E-state index contributed by atoms with van der Waals surface area (Å²) >= 11 is 3.41. The lowest BCUT2D eigenvalue weighted by Gasteiger charge is -2.23. The van der Waals surface area contributed by atoms with Crippen molar-refractivity contribution >= 4 is 15.9 Å². The number of hydrogen-bond donors (Lipinski definition) is 1. The fraction of sp³-hybridized carbons (Fsp3) is 0.357. The van der Waals surface area contributed by atoms with Gasteiger partial charge >= 0.3 is 0 Å². The second-order valence-electron chi connectivity index (χ2n) is 4.93. The van der Waals surface area contributed by atoms with E-state index in [0.29, 0.717) is 12.8 Å².